The number of phosphoric ester groups is 1. The number of ether oxygens (including phenoxy) is 3. The van der Waals surface area contributed by atoms with E-state index >= 15 is 0 Å². The molecule has 0 radical (unpaired) electrons. The van der Waals surface area contributed by atoms with Gasteiger partial charge in [0.25, 0.3) is 0 Å². The minimum atomic E-state index is -5.07. The highest BCUT2D eigenvalue weighted by Crippen LogP contribution is 2.45. The van der Waals surface area contributed by atoms with Gasteiger partial charge in [0, 0.05) is 19.3 Å². The molecule has 20 heteroatoms. The first-order chi connectivity index (χ1) is 25.1. The van der Waals surface area contributed by atoms with Crippen LogP contribution in [0.2, 0.25) is 0 Å². The number of carbonyl (C=O) groups is 5. The van der Waals surface area contributed by atoms with Crippen molar-refractivity contribution < 1.29 is 56.7 Å². The summed E-state index contributed by atoms with van der Waals surface area (Å²) in [6.45, 7) is 14.5. The lowest BCUT2D eigenvalue weighted by Gasteiger charge is -2.28. The van der Waals surface area contributed by atoms with Crippen LogP contribution in [-0.4, -0.2) is 91.1 Å². The maximum atomic E-state index is 13.8. The monoisotopic (exact) mass is 763 g/mol. The van der Waals surface area contributed by atoms with Crippen LogP contribution in [0.5, 0.6) is 0 Å². The summed E-state index contributed by atoms with van der Waals surface area (Å²) in [6.07, 6.45) is 1.49. The number of nitrogens with one attached hydrogen (secondary N) is 2. The average Bonchev–Trinajstić information content (AvgIpc) is 3.68. The van der Waals surface area contributed by atoms with E-state index in [0.717, 1.165) is 6.33 Å². The zero-order chi connectivity index (χ0) is 39.3. The summed E-state index contributed by atoms with van der Waals surface area (Å²) in [6, 6.07) is -2.42. The van der Waals surface area contributed by atoms with E-state index in [9.17, 15) is 33.4 Å². The molecule has 1 unspecified atom stereocenters. The van der Waals surface area contributed by atoms with Crippen LogP contribution in [0.15, 0.2) is 50.6 Å². The lowest BCUT2D eigenvalue weighted by molar-refractivity contribution is -0.172. The number of amides is 2. The lowest BCUT2D eigenvalue weighted by atomic mass is 10.0. The average molecular weight is 764 g/mol. The minimum Gasteiger partial charge on any atom is -0.454 e. The largest absolute Gasteiger partial charge is 0.529 e. The van der Waals surface area contributed by atoms with Crippen LogP contribution in [0.3, 0.4) is 0 Å². The molecule has 1 aliphatic heterocycles. The second kappa shape index (κ2) is 19.8. The normalized spacial score (nSPS) is 20.4. The molecule has 3 rings (SSSR count). The molecule has 5 N–H and O–H groups in total. The Labute approximate surface area is 305 Å². The van der Waals surface area contributed by atoms with Crippen LogP contribution in [-0.2, 0) is 51.8 Å². The smallest absolute Gasteiger partial charge is 0.454 e. The first-order valence-corrected chi connectivity index (χ1v) is 18.2. The molecule has 2 amide bonds. The molecule has 3 heterocycles. The Hall–Kier alpha value is -4.97. The molecule has 0 saturated carbocycles. The summed E-state index contributed by atoms with van der Waals surface area (Å²) >= 11 is 0. The molecule has 2 aromatic rings. The predicted molar refractivity (Wildman–Crippen MR) is 188 cm³/mol. The van der Waals surface area contributed by atoms with Gasteiger partial charge in [-0.3, -0.25) is 28.4 Å². The predicted octanol–water partition coefficient (Wildman–Crippen LogP) is 2.33. The number of hydrogen-bond acceptors (Lipinski definition) is 15. The Balaban J connectivity index is 2.05. The number of fused-ring (bicyclic) bond motifs is 1. The Bertz CT molecular complexity index is 1720. The van der Waals surface area contributed by atoms with Crippen molar-refractivity contribution >= 4 is 54.5 Å². The fourth-order valence-electron chi connectivity index (χ4n) is 5.00. The molecule has 0 spiro atoms. The number of anilines is 1. The van der Waals surface area contributed by atoms with E-state index in [2.05, 4.69) is 49.8 Å². The fraction of sp³-hybridized carbons (Fsp3) is 0.515. The molecular formula is C33H46N7O12P. The third kappa shape index (κ3) is 12.0. The fourth-order valence-corrected chi connectivity index (χ4v) is 5.74. The van der Waals surface area contributed by atoms with Crippen molar-refractivity contribution in [1.29, 1.82) is 0 Å². The van der Waals surface area contributed by atoms with E-state index in [0.29, 0.717) is 12.8 Å². The number of nitrogens with two attached hydrogens (primary N) is 1. The molecule has 7 atom stereocenters. The van der Waals surface area contributed by atoms with Crippen LogP contribution in [0.4, 0.5) is 5.82 Å². The van der Waals surface area contributed by atoms with Gasteiger partial charge >= 0.3 is 25.7 Å². The van der Waals surface area contributed by atoms with Gasteiger partial charge in [-0.25, -0.2) is 29.1 Å². The third-order valence-electron chi connectivity index (χ3n) is 7.74. The Kier molecular flexibility index (Phi) is 15.8. The first-order valence-electron chi connectivity index (χ1n) is 16.7. The van der Waals surface area contributed by atoms with Crippen molar-refractivity contribution in [2.75, 3.05) is 12.3 Å². The van der Waals surface area contributed by atoms with Gasteiger partial charge in [-0.2, -0.15) is 0 Å². The van der Waals surface area contributed by atoms with Crippen molar-refractivity contribution in [2.24, 2.45) is 5.92 Å². The SMILES string of the molecule is C=CCCC(=O)N[C@@H](C)C(=O)O[C@@H]1[C@H](OC(=O)[C@@H](NC(=O)CCC=C)C(C)C)[C@@H](COP(=O)(O)OC(=O)CCC=C)O[C@H]1n1cnc2c(N)ncnc21. The Morgan fingerprint density at radius 2 is 1.55 bits per heavy atom. The molecule has 0 aromatic carbocycles. The van der Waals surface area contributed by atoms with Gasteiger partial charge in [0.15, 0.2) is 29.9 Å². The highest BCUT2D eigenvalue weighted by atomic mass is 31.2. The van der Waals surface area contributed by atoms with Crippen molar-refractivity contribution in [1.82, 2.24) is 30.2 Å². The Morgan fingerprint density at radius 3 is 2.17 bits per heavy atom. The number of phosphoric acid groups is 1. The van der Waals surface area contributed by atoms with Gasteiger partial charge in [-0.1, -0.05) is 32.1 Å². The van der Waals surface area contributed by atoms with Crippen LogP contribution >= 0.6 is 7.82 Å². The van der Waals surface area contributed by atoms with Crippen LogP contribution in [0.25, 0.3) is 11.2 Å². The number of esters is 2. The molecule has 19 nitrogen and oxygen atoms in total. The number of imidazole rings is 1. The summed E-state index contributed by atoms with van der Waals surface area (Å²) in [5.41, 5.74) is 6.24. The van der Waals surface area contributed by atoms with Gasteiger partial charge in [0.1, 0.15) is 30.0 Å². The molecule has 1 aliphatic rings. The van der Waals surface area contributed by atoms with E-state index in [1.807, 2.05) is 0 Å². The van der Waals surface area contributed by atoms with Crippen molar-refractivity contribution in [3.05, 3.63) is 50.6 Å². The van der Waals surface area contributed by atoms with Crippen LogP contribution in [0.1, 0.15) is 65.5 Å². The maximum absolute atomic E-state index is 13.8. The summed E-state index contributed by atoms with van der Waals surface area (Å²) in [7, 11) is -5.07. The number of rotatable bonds is 21. The summed E-state index contributed by atoms with van der Waals surface area (Å²) < 4.78 is 41.8. The van der Waals surface area contributed by atoms with Crippen molar-refractivity contribution in [3.8, 4) is 0 Å². The third-order valence-corrected chi connectivity index (χ3v) is 8.65. The zero-order valence-electron chi connectivity index (χ0n) is 29.8. The molecular weight excluding hydrogens is 717 g/mol. The van der Waals surface area contributed by atoms with E-state index < -0.39 is 86.7 Å². The number of nitrogens with zero attached hydrogens (tertiary/aromatic N) is 4. The minimum absolute atomic E-state index is 0.00507. The van der Waals surface area contributed by atoms with Crippen LogP contribution in [0, 0.1) is 5.92 Å². The topological polar surface area (TPSA) is 262 Å². The molecule has 1 fully saturated rings. The van der Waals surface area contributed by atoms with Gasteiger partial charge in [-0.15, -0.1) is 19.7 Å². The number of nitrogen functional groups attached to an aromatic ring is 1. The summed E-state index contributed by atoms with van der Waals surface area (Å²) in [4.78, 5) is 87.2. The highest BCUT2D eigenvalue weighted by molar-refractivity contribution is 7.48. The summed E-state index contributed by atoms with van der Waals surface area (Å²) in [5.74, 6) is -4.42. The molecule has 0 bridgehead atoms. The first kappa shape index (κ1) is 42.4. The number of aromatic nitrogens is 4. The van der Waals surface area contributed by atoms with E-state index in [1.54, 1.807) is 19.9 Å². The molecule has 2 aromatic heterocycles. The molecule has 0 aliphatic carbocycles. The lowest BCUT2D eigenvalue weighted by Crippen LogP contribution is -2.50. The van der Waals surface area contributed by atoms with Gasteiger partial charge < -0.3 is 35.1 Å². The quantitative estimate of drug-likeness (QED) is 0.0808. The van der Waals surface area contributed by atoms with E-state index in [4.69, 9.17) is 24.5 Å². The number of carbonyl (C=O) groups excluding carboxylic acids is 5. The highest BCUT2D eigenvalue weighted by Gasteiger charge is 2.53. The molecule has 290 valence electrons. The van der Waals surface area contributed by atoms with Crippen molar-refractivity contribution in [3.63, 3.8) is 0 Å². The molecule has 53 heavy (non-hydrogen) atoms. The second-order valence-electron chi connectivity index (χ2n) is 12.2. The van der Waals surface area contributed by atoms with E-state index in [1.165, 1.54) is 30.0 Å². The number of hydrogen-bond donors (Lipinski definition) is 4. The molecule has 1 saturated heterocycles. The van der Waals surface area contributed by atoms with Gasteiger partial charge in [-0.05, 0) is 32.1 Å². The second-order valence-corrected chi connectivity index (χ2v) is 13.6. The van der Waals surface area contributed by atoms with E-state index in [-0.39, 0.29) is 42.7 Å². The summed E-state index contributed by atoms with van der Waals surface area (Å²) in [5, 5.41) is 5.15. The number of allylic oxidation sites excluding steroid dienone is 3. The van der Waals surface area contributed by atoms with Gasteiger partial charge in [0.2, 0.25) is 11.8 Å². The van der Waals surface area contributed by atoms with Crippen LogP contribution < -0.4 is 16.4 Å². The van der Waals surface area contributed by atoms with Gasteiger partial charge in [0.05, 0.1) is 12.9 Å². The zero-order valence-corrected chi connectivity index (χ0v) is 30.6. The Morgan fingerprint density at radius 1 is 0.943 bits per heavy atom. The standard InChI is InChI=1S/C33H46N7O12P/c1-7-10-13-22(41)38-20(6)32(44)51-28-27(50-33(45)25(19(4)5)39-23(42)14-11-8-2)21(16-48-53(46,47)52-24(43)15-12-9-3)49-31(28)40-18-37-26-29(34)35-17-36-30(26)40/h7-9,17-21,25,27-28,31H,1-3,10-16H2,4-6H3,(H,38,41)(H,39,42)(H,46,47)(H2,34,35,36)/t20-,21+,25-,27+,28+,31+/m0/s1. The maximum Gasteiger partial charge on any atom is 0.529 e. The van der Waals surface area contributed by atoms with Crippen molar-refractivity contribution in [2.45, 2.75) is 95.9 Å².